The van der Waals surface area contributed by atoms with E-state index in [1.165, 1.54) is 154 Å². The second-order valence-corrected chi connectivity index (χ2v) is 22.0. The van der Waals surface area contributed by atoms with Crippen LogP contribution in [0.1, 0.15) is 251 Å². The third kappa shape index (κ3) is 53.6. The minimum atomic E-state index is -4.61. The number of carbonyl (C=O) groups excluding carboxylic acids is 1. The molecule has 0 saturated heterocycles. The predicted octanol–water partition coefficient (Wildman–Crippen LogP) is 16.9. The minimum Gasteiger partial charge on any atom is -0.756 e. The van der Waals surface area contributed by atoms with Crippen molar-refractivity contribution in [3.8, 4) is 0 Å². The van der Waals surface area contributed by atoms with Crippen molar-refractivity contribution in [2.45, 2.75) is 264 Å². The lowest BCUT2D eigenvalue weighted by atomic mass is 10.0. The number of hydrogen-bond donors (Lipinski definition) is 2. The average Bonchev–Trinajstić information content (AvgIpc) is 3.31. The molecule has 1 amide bonds. The third-order valence-electron chi connectivity index (χ3n) is 12.6. The average molecular weight is 988 g/mol. The molecule has 0 bridgehead atoms. The van der Waals surface area contributed by atoms with Gasteiger partial charge in [0.15, 0.2) is 0 Å². The van der Waals surface area contributed by atoms with E-state index in [0.717, 1.165) is 77.0 Å². The van der Waals surface area contributed by atoms with Crippen LogP contribution in [0.2, 0.25) is 0 Å². The summed E-state index contributed by atoms with van der Waals surface area (Å²) in [5.74, 6) is -0.223. The molecular formula is C60H111N2O6P. The Labute approximate surface area is 427 Å². The molecule has 0 aliphatic rings. The molecule has 2 N–H and O–H groups in total. The van der Waals surface area contributed by atoms with Gasteiger partial charge in [-0.2, -0.15) is 0 Å². The Hall–Kier alpha value is -2.06. The lowest BCUT2D eigenvalue weighted by molar-refractivity contribution is -0.870. The zero-order valence-corrected chi connectivity index (χ0v) is 46.6. The smallest absolute Gasteiger partial charge is 0.268 e. The fourth-order valence-electron chi connectivity index (χ4n) is 8.14. The van der Waals surface area contributed by atoms with Gasteiger partial charge in [0.25, 0.3) is 7.82 Å². The number of amides is 1. The summed E-state index contributed by atoms with van der Waals surface area (Å²) in [6.45, 7) is 4.51. The molecule has 0 aromatic heterocycles. The Morgan fingerprint density at radius 1 is 0.522 bits per heavy atom. The van der Waals surface area contributed by atoms with E-state index in [0.29, 0.717) is 17.4 Å². The third-order valence-corrected chi connectivity index (χ3v) is 13.6. The van der Waals surface area contributed by atoms with Crippen molar-refractivity contribution in [1.29, 1.82) is 0 Å². The van der Waals surface area contributed by atoms with Crippen LogP contribution in [0.5, 0.6) is 0 Å². The molecule has 0 aromatic rings. The first-order valence-corrected chi connectivity index (χ1v) is 30.3. The Morgan fingerprint density at radius 2 is 0.899 bits per heavy atom. The molecule has 9 heteroatoms. The standard InChI is InChI=1S/C60H111N2O6P/c1-6-8-10-12-14-16-18-20-22-24-25-26-27-28-29-30-31-32-33-34-35-36-38-39-41-43-45-47-49-51-53-59(63)58(57-68-69(65,66)67-56-55-62(3,4)5)61-60(64)54-52-50-48-46-44-42-40-37-23-21-19-17-15-13-11-9-7-2/h9,11,15,17,21,23,36,38,43,45,51,53,58-59,63H,6-8,10,12-14,16,18-20,22,24-35,37,39-42,44,46-50,52,54-57H2,1-5H3,(H-,61,64,65,66)/b11-9-,17-15-,23-21-,38-36+,45-43+,53-51+. The van der Waals surface area contributed by atoms with E-state index < -0.39 is 26.6 Å². The monoisotopic (exact) mass is 987 g/mol. The van der Waals surface area contributed by atoms with Crippen LogP contribution in [0.15, 0.2) is 72.9 Å². The van der Waals surface area contributed by atoms with Crippen molar-refractivity contribution < 1.29 is 32.9 Å². The molecule has 0 aliphatic heterocycles. The van der Waals surface area contributed by atoms with Gasteiger partial charge in [0.1, 0.15) is 13.2 Å². The lowest BCUT2D eigenvalue weighted by Gasteiger charge is -2.29. The van der Waals surface area contributed by atoms with E-state index in [4.69, 9.17) is 9.05 Å². The second-order valence-electron chi connectivity index (χ2n) is 20.6. The Kier molecular flexibility index (Phi) is 49.3. The fraction of sp³-hybridized carbons (Fsp3) is 0.783. The summed E-state index contributed by atoms with van der Waals surface area (Å²) in [6.07, 6.45) is 70.0. The molecule has 3 unspecified atom stereocenters. The van der Waals surface area contributed by atoms with Crippen LogP contribution in [0.25, 0.3) is 0 Å². The molecule has 0 aliphatic carbocycles. The van der Waals surface area contributed by atoms with Crippen LogP contribution in [0, 0.1) is 0 Å². The van der Waals surface area contributed by atoms with Crippen molar-refractivity contribution in [1.82, 2.24) is 5.32 Å². The van der Waals surface area contributed by atoms with Gasteiger partial charge < -0.3 is 28.8 Å². The fourth-order valence-corrected chi connectivity index (χ4v) is 8.86. The molecule has 3 atom stereocenters. The van der Waals surface area contributed by atoms with Crippen molar-refractivity contribution in [3.05, 3.63) is 72.9 Å². The van der Waals surface area contributed by atoms with Gasteiger partial charge in [0, 0.05) is 6.42 Å². The molecule has 402 valence electrons. The topological polar surface area (TPSA) is 108 Å². The summed E-state index contributed by atoms with van der Waals surface area (Å²) in [5, 5.41) is 13.8. The number of aliphatic hydroxyl groups is 1. The second kappa shape index (κ2) is 50.9. The van der Waals surface area contributed by atoms with Crippen molar-refractivity contribution >= 4 is 13.7 Å². The molecule has 0 aromatic carbocycles. The molecule has 0 spiro atoms. The van der Waals surface area contributed by atoms with Crippen molar-refractivity contribution in [2.24, 2.45) is 0 Å². The van der Waals surface area contributed by atoms with E-state index in [1.54, 1.807) is 6.08 Å². The first kappa shape index (κ1) is 66.9. The largest absolute Gasteiger partial charge is 0.756 e. The van der Waals surface area contributed by atoms with Crippen LogP contribution >= 0.6 is 7.82 Å². The van der Waals surface area contributed by atoms with Gasteiger partial charge in [-0.25, -0.2) is 0 Å². The molecule has 0 heterocycles. The number of unbranched alkanes of at least 4 members (excludes halogenated alkanes) is 29. The summed E-state index contributed by atoms with van der Waals surface area (Å²) < 4.78 is 23.3. The number of quaternary nitrogens is 1. The highest BCUT2D eigenvalue weighted by molar-refractivity contribution is 7.45. The Morgan fingerprint density at radius 3 is 1.35 bits per heavy atom. The highest BCUT2D eigenvalue weighted by Crippen LogP contribution is 2.38. The lowest BCUT2D eigenvalue weighted by Crippen LogP contribution is -2.45. The first-order chi connectivity index (χ1) is 33.5. The number of phosphoric ester groups is 1. The van der Waals surface area contributed by atoms with Gasteiger partial charge in [0.2, 0.25) is 5.91 Å². The number of allylic oxidation sites excluding steroid dienone is 11. The molecular weight excluding hydrogens is 876 g/mol. The number of nitrogens with zero attached hydrogens (tertiary/aromatic N) is 1. The van der Waals surface area contributed by atoms with Gasteiger partial charge in [-0.15, -0.1) is 0 Å². The molecule has 0 fully saturated rings. The van der Waals surface area contributed by atoms with Gasteiger partial charge in [-0.3, -0.25) is 9.36 Å². The summed E-state index contributed by atoms with van der Waals surface area (Å²) >= 11 is 0. The van der Waals surface area contributed by atoms with Crippen molar-refractivity contribution in [3.63, 3.8) is 0 Å². The van der Waals surface area contributed by atoms with E-state index in [2.05, 4.69) is 79.9 Å². The summed E-state index contributed by atoms with van der Waals surface area (Å²) in [6, 6.07) is -0.919. The zero-order chi connectivity index (χ0) is 50.6. The maximum absolute atomic E-state index is 12.9. The number of nitrogens with one attached hydrogen (secondary N) is 1. The van der Waals surface area contributed by atoms with Gasteiger partial charge >= 0.3 is 0 Å². The van der Waals surface area contributed by atoms with Gasteiger partial charge in [-0.05, 0) is 77.0 Å². The van der Waals surface area contributed by atoms with Crippen LogP contribution < -0.4 is 10.2 Å². The maximum atomic E-state index is 12.9. The number of phosphoric acid groups is 1. The Balaban J connectivity index is 4.25. The van der Waals surface area contributed by atoms with E-state index in [1.807, 2.05) is 27.2 Å². The number of likely N-dealkylation sites (N-methyl/N-ethyl adjacent to an activating group) is 1. The number of hydrogen-bond acceptors (Lipinski definition) is 6. The Bertz CT molecular complexity index is 1350. The van der Waals surface area contributed by atoms with Gasteiger partial charge in [0.05, 0.1) is 39.9 Å². The number of aliphatic hydroxyl groups excluding tert-OH is 1. The number of rotatable bonds is 52. The van der Waals surface area contributed by atoms with E-state index in [9.17, 15) is 19.4 Å². The molecule has 8 nitrogen and oxygen atoms in total. The van der Waals surface area contributed by atoms with Crippen LogP contribution in [-0.4, -0.2) is 68.5 Å². The zero-order valence-electron chi connectivity index (χ0n) is 45.8. The maximum Gasteiger partial charge on any atom is 0.268 e. The van der Waals surface area contributed by atoms with Gasteiger partial charge in [-0.1, -0.05) is 241 Å². The highest BCUT2D eigenvalue weighted by Gasteiger charge is 2.23. The molecule has 0 radical (unpaired) electrons. The van der Waals surface area contributed by atoms with Crippen LogP contribution in [0.3, 0.4) is 0 Å². The molecule has 0 saturated carbocycles. The quantitative estimate of drug-likeness (QED) is 0.0272. The summed E-state index contributed by atoms with van der Waals surface area (Å²) in [5.41, 5.74) is 0. The predicted molar refractivity (Wildman–Crippen MR) is 297 cm³/mol. The molecule has 69 heavy (non-hydrogen) atoms. The summed E-state index contributed by atoms with van der Waals surface area (Å²) in [7, 11) is 1.22. The van der Waals surface area contributed by atoms with Crippen molar-refractivity contribution in [2.75, 3.05) is 40.9 Å². The number of carbonyl (C=O) groups is 1. The normalized spacial score (nSPS) is 14.5. The summed E-state index contributed by atoms with van der Waals surface area (Å²) in [4.78, 5) is 25.4. The SMILES string of the molecule is CC/C=C\C/C=C\C/C=C\CCCCCCCCCC(=O)NC(COP(=O)([O-])OCC[N+](C)(C)C)C(O)/C=C/CC/C=C/CC/C=C/CCCCCCCCCCCCCCCCCCCCCC. The van der Waals surface area contributed by atoms with Crippen LogP contribution in [-0.2, 0) is 18.4 Å². The molecule has 0 rings (SSSR count). The van der Waals surface area contributed by atoms with Crippen LogP contribution in [0.4, 0.5) is 0 Å². The highest BCUT2D eigenvalue weighted by atomic mass is 31.2. The van der Waals surface area contributed by atoms with E-state index >= 15 is 0 Å². The van der Waals surface area contributed by atoms with E-state index in [-0.39, 0.29) is 12.5 Å². The minimum absolute atomic E-state index is 0.0142. The first-order valence-electron chi connectivity index (χ1n) is 28.8.